The standard InChI is InChI=1S/C24H28N4O2S/c1-5-27(6-2)23(30)19-8-10-20(11-9-19)26-22(29)16-31-24-25-13-14-28(24)21-12-7-17(3)15-18(21)4/h7-15H,5-6,16H2,1-4H3,(H,26,29). The average molecular weight is 437 g/mol. The number of rotatable bonds is 8. The molecule has 0 atom stereocenters. The van der Waals surface area contributed by atoms with Gasteiger partial charge in [0.25, 0.3) is 5.91 Å². The van der Waals surface area contributed by atoms with E-state index < -0.39 is 0 Å². The molecular formula is C24H28N4O2S. The summed E-state index contributed by atoms with van der Waals surface area (Å²) in [5.74, 6) is 0.113. The van der Waals surface area contributed by atoms with E-state index in [-0.39, 0.29) is 17.6 Å². The van der Waals surface area contributed by atoms with Gasteiger partial charge in [0.05, 0.1) is 11.4 Å². The summed E-state index contributed by atoms with van der Waals surface area (Å²) in [5.41, 5.74) is 4.70. The van der Waals surface area contributed by atoms with Crippen molar-refractivity contribution in [1.29, 1.82) is 0 Å². The maximum absolute atomic E-state index is 12.4. The molecule has 7 heteroatoms. The van der Waals surface area contributed by atoms with Gasteiger partial charge in [-0.25, -0.2) is 4.98 Å². The molecule has 0 unspecified atom stereocenters. The van der Waals surface area contributed by atoms with E-state index in [2.05, 4.69) is 42.3 Å². The number of thioether (sulfide) groups is 1. The molecule has 0 aliphatic carbocycles. The number of aryl methyl sites for hydroxylation is 2. The highest BCUT2D eigenvalue weighted by Crippen LogP contribution is 2.23. The minimum atomic E-state index is -0.122. The molecule has 162 valence electrons. The Kier molecular flexibility index (Phi) is 7.52. The van der Waals surface area contributed by atoms with Gasteiger partial charge in [-0.2, -0.15) is 0 Å². The van der Waals surface area contributed by atoms with Crippen molar-refractivity contribution >= 4 is 29.3 Å². The van der Waals surface area contributed by atoms with Crippen LogP contribution >= 0.6 is 11.8 Å². The number of imidazole rings is 1. The van der Waals surface area contributed by atoms with E-state index in [1.165, 1.54) is 17.3 Å². The zero-order chi connectivity index (χ0) is 22.4. The van der Waals surface area contributed by atoms with Crippen LogP contribution in [0.15, 0.2) is 60.0 Å². The van der Waals surface area contributed by atoms with Crippen LogP contribution in [0.2, 0.25) is 0 Å². The van der Waals surface area contributed by atoms with Crippen molar-refractivity contribution in [3.63, 3.8) is 0 Å². The van der Waals surface area contributed by atoms with E-state index in [4.69, 9.17) is 0 Å². The summed E-state index contributed by atoms with van der Waals surface area (Å²) >= 11 is 1.39. The van der Waals surface area contributed by atoms with E-state index in [0.29, 0.717) is 24.3 Å². The van der Waals surface area contributed by atoms with Crippen molar-refractivity contribution in [3.05, 3.63) is 71.5 Å². The second kappa shape index (κ2) is 10.3. The van der Waals surface area contributed by atoms with Gasteiger partial charge in [0, 0.05) is 36.7 Å². The quantitative estimate of drug-likeness (QED) is 0.520. The third kappa shape index (κ3) is 5.55. The maximum Gasteiger partial charge on any atom is 0.253 e. The number of aromatic nitrogens is 2. The van der Waals surface area contributed by atoms with Crippen LogP contribution in [-0.2, 0) is 4.79 Å². The summed E-state index contributed by atoms with van der Waals surface area (Å²) in [4.78, 5) is 31.0. The summed E-state index contributed by atoms with van der Waals surface area (Å²) in [6.45, 7) is 9.39. The zero-order valence-corrected chi connectivity index (χ0v) is 19.2. The van der Waals surface area contributed by atoms with Crippen molar-refractivity contribution in [2.24, 2.45) is 0 Å². The van der Waals surface area contributed by atoms with Crippen molar-refractivity contribution in [3.8, 4) is 5.69 Å². The third-order valence-electron chi connectivity index (χ3n) is 5.02. The highest BCUT2D eigenvalue weighted by Gasteiger charge is 2.13. The molecule has 0 spiro atoms. The van der Waals surface area contributed by atoms with E-state index >= 15 is 0 Å². The summed E-state index contributed by atoms with van der Waals surface area (Å²) in [5, 5.41) is 3.65. The van der Waals surface area contributed by atoms with Gasteiger partial charge in [-0.3, -0.25) is 14.2 Å². The lowest BCUT2D eigenvalue weighted by molar-refractivity contribution is -0.113. The fraction of sp³-hybridized carbons (Fsp3) is 0.292. The summed E-state index contributed by atoms with van der Waals surface area (Å²) in [6.07, 6.45) is 3.65. The molecule has 2 aromatic carbocycles. The molecule has 1 N–H and O–H groups in total. The number of amides is 2. The van der Waals surface area contributed by atoms with Crippen LogP contribution in [0, 0.1) is 13.8 Å². The molecular weight excluding hydrogens is 408 g/mol. The summed E-state index contributed by atoms with van der Waals surface area (Å²) < 4.78 is 2.00. The van der Waals surface area contributed by atoms with Crippen LogP contribution < -0.4 is 5.32 Å². The third-order valence-corrected chi connectivity index (χ3v) is 5.98. The van der Waals surface area contributed by atoms with E-state index in [1.54, 1.807) is 35.4 Å². The van der Waals surface area contributed by atoms with Crippen LogP contribution in [-0.4, -0.2) is 45.1 Å². The summed E-state index contributed by atoms with van der Waals surface area (Å²) in [7, 11) is 0. The summed E-state index contributed by atoms with van der Waals surface area (Å²) in [6, 6.07) is 13.3. The van der Waals surface area contributed by atoms with E-state index in [9.17, 15) is 9.59 Å². The normalized spacial score (nSPS) is 10.7. The molecule has 0 radical (unpaired) electrons. The van der Waals surface area contributed by atoms with Crippen LogP contribution in [0.5, 0.6) is 0 Å². The minimum Gasteiger partial charge on any atom is -0.339 e. The van der Waals surface area contributed by atoms with Gasteiger partial charge in [-0.05, 0) is 63.6 Å². The maximum atomic E-state index is 12.4. The van der Waals surface area contributed by atoms with Crippen LogP contribution in [0.25, 0.3) is 5.69 Å². The number of anilines is 1. The number of hydrogen-bond donors (Lipinski definition) is 1. The highest BCUT2D eigenvalue weighted by atomic mass is 32.2. The van der Waals surface area contributed by atoms with Crippen molar-refractivity contribution < 1.29 is 9.59 Å². The Morgan fingerprint density at radius 1 is 1.06 bits per heavy atom. The van der Waals surface area contributed by atoms with Gasteiger partial charge in [-0.1, -0.05) is 29.5 Å². The Labute approximate surface area is 187 Å². The van der Waals surface area contributed by atoms with Crippen molar-refractivity contribution in [1.82, 2.24) is 14.5 Å². The minimum absolute atomic E-state index is 0.00309. The lowest BCUT2D eigenvalue weighted by Crippen LogP contribution is -2.30. The number of nitrogens with zero attached hydrogens (tertiary/aromatic N) is 3. The lowest BCUT2D eigenvalue weighted by Gasteiger charge is -2.18. The molecule has 0 fully saturated rings. The van der Waals surface area contributed by atoms with Crippen molar-refractivity contribution in [2.45, 2.75) is 32.9 Å². The molecule has 2 amide bonds. The second-order valence-electron chi connectivity index (χ2n) is 7.26. The van der Waals surface area contributed by atoms with Gasteiger partial charge < -0.3 is 10.2 Å². The molecule has 0 saturated carbocycles. The van der Waals surface area contributed by atoms with Gasteiger partial charge in [-0.15, -0.1) is 0 Å². The Bertz CT molecular complexity index is 1060. The molecule has 6 nitrogen and oxygen atoms in total. The number of carbonyl (C=O) groups excluding carboxylic acids is 2. The van der Waals surface area contributed by atoms with Gasteiger partial charge in [0.1, 0.15) is 0 Å². The number of carbonyl (C=O) groups is 2. The number of benzene rings is 2. The highest BCUT2D eigenvalue weighted by molar-refractivity contribution is 7.99. The molecule has 3 rings (SSSR count). The van der Waals surface area contributed by atoms with Gasteiger partial charge in [0.2, 0.25) is 5.91 Å². The van der Waals surface area contributed by atoms with Gasteiger partial charge in [0.15, 0.2) is 5.16 Å². The molecule has 0 bridgehead atoms. The van der Waals surface area contributed by atoms with Gasteiger partial charge >= 0.3 is 0 Å². The first-order valence-electron chi connectivity index (χ1n) is 10.4. The Balaban J connectivity index is 1.60. The first-order valence-corrected chi connectivity index (χ1v) is 11.3. The zero-order valence-electron chi connectivity index (χ0n) is 18.4. The van der Waals surface area contributed by atoms with Crippen LogP contribution in [0.3, 0.4) is 0 Å². The van der Waals surface area contributed by atoms with E-state index in [0.717, 1.165) is 16.4 Å². The fourth-order valence-corrected chi connectivity index (χ4v) is 4.14. The molecule has 0 saturated heterocycles. The molecule has 1 aromatic heterocycles. The van der Waals surface area contributed by atoms with Crippen LogP contribution in [0.1, 0.15) is 35.3 Å². The molecule has 0 aliphatic rings. The lowest BCUT2D eigenvalue weighted by atomic mass is 10.1. The molecule has 0 aliphatic heterocycles. The largest absolute Gasteiger partial charge is 0.339 e. The Morgan fingerprint density at radius 3 is 2.42 bits per heavy atom. The smallest absolute Gasteiger partial charge is 0.253 e. The Morgan fingerprint density at radius 2 is 1.77 bits per heavy atom. The van der Waals surface area contributed by atoms with E-state index in [1.807, 2.05) is 24.6 Å². The fourth-order valence-electron chi connectivity index (χ4n) is 3.37. The average Bonchev–Trinajstić information content (AvgIpc) is 3.22. The topological polar surface area (TPSA) is 67.2 Å². The van der Waals surface area contributed by atoms with Crippen LogP contribution in [0.4, 0.5) is 5.69 Å². The number of hydrogen-bond acceptors (Lipinski definition) is 4. The molecule has 1 heterocycles. The monoisotopic (exact) mass is 436 g/mol. The molecule has 31 heavy (non-hydrogen) atoms. The Hall–Kier alpha value is -3.06. The number of nitrogens with one attached hydrogen (secondary N) is 1. The predicted octanol–water partition coefficient (Wildman–Crippen LogP) is 4.70. The first kappa shape index (κ1) is 22.6. The predicted molar refractivity (Wildman–Crippen MR) is 126 cm³/mol. The SMILES string of the molecule is CCN(CC)C(=O)c1ccc(NC(=O)CSc2nccn2-c2ccc(C)cc2C)cc1. The second-order valence-corrected chi connectivity index (χ2v) is 8.20. The van der Waals surface area contributed by atoms with Crippen molar-refractivity contribution in [2.75, 3.05) is 24.2 Å². The molecule has 3 aromatic rings. The first-order chi connectivity index (χ1) is 14.9.